The van der Waals surface area contributed by atoms with E-state index >= 15 is 0 Å². The van der Waals surface area contributed by atoms with Crippen LogP contribution in [0, 0.1) is 0 Å². The Hall–Kier alpha value is -3.38. The van der Waals surface area contributed by atoms with Crippen molar-refractivity contribution in [3.63, 3.8) is 0 Å². The van der Waals surface area contributed by atoms with Crippen molar-refractivity contribution in [2.75, 3.05) is 5.43 Å². The number of pyridine rings is 1. The summed E-state index contributed by atoms with van der Waals surface area (Å²) in [6.07, 6.45) is 3.21. The van der Waals surface area contributed by atoms with Gasteiger partial charge in [0.1, 0.15) is 11.4 Å². The van der Waals surface area contributed by atoms with Gasteiger partial charge < -0.3 is 16.1 Å². The fourth-order valence-electron chi connectivity index (χ4n) is 2.53. The van der Waals surface area contributed by atoms with Crippen LogP contribution in [0.15, 0.2) is 59.3 Å². The molecular weight excluding hydrogens is 475 g/mol. The first-order valence-corrected chi connectivity index (χ1v) is 10.4. The molecule has 0 spiro atoms. The number of halogens is 2. The van der Waals surface area contributed by atoms with Crippen molar-refractivity contribution in [1.29, 1.82) is 0 Å². The molecule has 0 aliphatic rings. The molecule has 0 radical (unpaired) electrons. The number of aliphatic carboxylic acids is 1. The van der Waals surface area contributed by atoms with E-state index in [9.17, 15) is 9.90 Å². The summed E-state index contributed by atoms with van der Waals surface area (Å²) in [5.74, 6) is -1.44. The summed E-state index contributed by atoms with van der Waals surface area (Å²) in [5.41, 5.74) is 4.92. The van der Waals surface area contributed by atoms with Crippen molar-refractivity contribution >= 4 is 51.4 Å². The molecule has 4 rings (SSSR count). The number of benzene rings is 1. The van der Waals surface area contributed by atoms with Gasteiger partial charge in [-0.2, -0.15) is 5.10 Å². The van der Waals surface area contributed by atoms with Crippen LogP contribution in [-0.4, -0.2) is 36.6 Å². The topological polar surface area (TPSA) is 156 Å². The van der Waals surface area contributed by atoms with Crippen LogP contribution in [0.1, 0.15) is 0 Å². The molecule has 3 heterocycles. The number of carboxylic acid groups (broad SMARTS) is 1. The number of carbonyl (C=O) groups excluding carboxylic acids is 1. The monoisotopic (exact) mass is 489 g/mol. The largest absolute Gasteiger partial charge is 0.543 e. The Bertz CT molecular complexity index is 1260. The number of aromatic nitrogens is 5. The van der Waals surface area contributed by atoms with E-state index in [4.69, 9.17) is 23.2 Å². The molecule has 0 bridgehead atoms. The highest BCUT2D eigenvalue weighted by Gasteiger charge is 2.10. The van der Waals surface area contributed by atoms with Gasteiger partial charge in [0, 0.05) is 17.1 Å². The number of nitrogens with one attached hydrogen (secondary N) is 1. The number of nitrogens with zero attached hydrogens (tertiary/aromatic N) is 6. The van der Waals surface area contributed by atoms with Gasteiger partial charge in [-0.05, 0) is 24.3 Å². The maximum atomic E-state index is 11.5. The van der Waals surface area contributed by atoms with Gasteiger partial charge in [0.2, 0.25) is 5.13 Å². The highest BCUT2D eigenvalue weighted by atomic mass is 35.5. The molecule has 164 valence electrons. The van der Waals surface area contributed by atoms with E-state index in [2.05, 4.69) is 30.8 Å². The van der Waals surface area contributed by atoms with E-state index in [0.29, 0.717) is 32.3 Å². The molecule has 4 N–H and O–H groups in total. The SMILES string of the molecule is N.O=C([O-])/C(Cn1cc(-c2ccccn2)nn1)=N/Nc1nc(-c2ccc(Cl)c(Cl)c2)cs1. The second kappa shape index (κ2) is 10.3. The van der Waals surface area contributed by atoms with Gasteiger partial charge in [-0.1, -0.05) is 40.5 Å². The lowest BCUT2D eigenvalue weighted by molar-refractivity contribution is -0.294. The average molecular weight is 490 g/mol. The minimum absolute atomic E-state index is 0. The van der Waals surface area contributed by atoms with E-state index in [1.807, 2.05) is 6.07 Å². The Kier molecular flexibility index (Phi) is 7.49. The molecular formula is C19H15Cl2N8O2S-. The third-order valence-corrected chi connectivity index (χ3v) is 5.51. The first kappa shape index (κ1) is 23.3. The molecule has 0 saturated heterocycles. The maximum absolute atomic E-state index is 11.5. The van der Waals surface area contributed by atoms with Gasteiger partial charge in [-0.15, -0.1) is 16.4 Å². The zero-order valence-corrected chi connectivity index (χ0v) is 18.6. The normalized spacial score (nSPS) is 11.1. The van der Waals surface area contributed by atoms with Crippen molar-refractivity contribution in [3.8, 4) is 22.6 Å². The van der Waals surface area contributed by atoms with Crippen LogP contribution in [-0.2, 0) is 11.3 Å². The van der Waals surface area contributed by atoms with Crippen LogP contribution in [0.25, 0.3) is 22.6 Å². The predicted octanol–water partition coefficient (Wildman–Crippen LogP) is 3.15. The lowest BCUT2D eigenvalue weighted by Crippen LogP contribution is -2.35. The molecule has 0 fully saturated rings. The molecule has 3 aromatic heterocycles. The second-order valence-electron chi connectivity index (χ2n) is 6.14. The molecule has 0 atom stereocenters. The van der Waals surface area contributed by atoms with Gasteiger partial charge in [0.05, 0.1) is 40.1 Å². The van der Waals surface area contributed by atoms with Crippen LogP contribution in [0.2, 0.25) is 10.0 Å². The summed E-state index contributed by atoms with van der Waals surface area (Å²) in [4.78, 5) is 20.1. The third kappa shape index (κ3) is 5.45. The van der Waals surface area contributed by atoms with E-state index in [-0.39, 0.29) is 18.4 Å². The minimum atomic E-state index is -1.44. The zero-order chi connectivity index (χ0) is 21.8. The van der Waals surface area contributed by atoms with E-state index in [0.717, 1.165) is 5.56 Å². The number of thiazole rings is 1. The Morgan fingerprint density at radius 1 is 1.16 bits per heavy atom. The van der Waals surface area contributed by atoms with Crippen LogP contribution >= 0.6 is 34.5 Å². The molecule has 4 aromatic rings. The molecule has 10 nitrogen and oxygen atoms in total. The molecule has 32 heavy (non-hydrogen) atoms. The Morgan fingerprint density at radius 3 is 2.72 bits per heavy atom. The summed E-state index contributed by atoms with van der Waals surface area (Å²) < 4.78 is 1.34. The van der Waals surface area contributed by atoms with Gasteiger partial charge in [0.15, 0.2) is 0 Å². The predicted molar refractivity (Wildman–Crippen MR) is 122 cm³/mol. The van der Waals surface area contributed by atoms with Gasteiger partial charge in [-0.25, -0.2) is 9.67 Å². The van der Waals surface area contributed by atoms with Gasteiger partial charge >= 0.3 is 0 Å². The fourth-order valence-corrected chi connectivity index (χ4v) is 3.49. The molecule has 0 amide bonds. The van der Waals surface area contributed by atoms with Crippen molar-refractivity contribution in [2.24, 2.45) is 5.10 Å². The van der Waals surface area contributed by atoms with Crippen molar-refractivity contribution < 1.29 is 9.90 Å². The third-order valence-electron chi connectivity index (χ3n) is 4.02. The first-order chi connectivity index (χ1) is 15.0. The molecule has 13 heteroatoms. The quantitative estimate of drug-likeness (QED) is 0.296. The summed E-state index contributed by atoms with van der Waals surface area (Å²) in [6, 6.07) is 10.5. The van der Waals surface area contributed by atoms with Crippen LogP contribution in [0.5, 0.6) is 0 Å². The average Bonchev–Trinajstić information content (AvgIpc) is 3.43. The molecule has 0 unspecified atom stereocenters. The van der Waals surface area contributed by atoms with Crippen LogP contribution < -0.4 is 16.7 Å². The molecule has 0 aliphatic heterocycles. The van der Waals surface area contributed by atoms with Gasteiger partial charge in [-0.3, -0.25) is 10.4 Å². The number of carbonyl (C=O) groups is 1. The van der Waals surface area contributed by atoms with Gasteiger partial charge in [0.25, 0.3) is 0 Å². The highest BCUT2D eigenvalue weighted by molar-refractivity contribution is 7.14. The standard InChI is InChI=1S/C19H13Cl2N7O2S.H3N/c20-12-5-4-11(7-13(12)21)17-10-31-19(23-17)26-24-16(18(29)30)9-28-8-15(25-27-28)14-3-1-2-6-22-14;/h1-8,10H,9H2,(H,23,26)(H,29,30);1H3/p-1/b24-16+;. The second-order valence-corrected chi connectivity index (χ2v) is 7.81. The number of hydrazone groups is 1. The maximum Gasteiger partial charge on any atom is 0.203 e. The van der Waals surface area contributed by atoms with Crippen molar-refractivity contribution in [3.05, 3.63) is 64.2 Å². The van der Waals surface area contributed by atoms with E-state index in [1.54, 1.807) is 48.1 Å². The number of carboxylic acids is 1. The van der Waals surface area contributed by atoms with Crippen molar-refractivity contribution in [2.45, 2.75) is 6.54 Å². The lowest BCUT2D eigenvalue weighted by atomic mass is 10.2. The number of hydrogen-bond donors (Lipinski definition) is 2. The Labute approximate surface area is 196 Å². The Morgan fingerprint density at radius 2 is 2.00 bits per heavy atom. The zero-order valence-electron chi connectivity index (χ0n) is 16.3. The molecule has 0 saturated carbocycles. The Balaban J connectivity index is 0.00000289. The van der Waals surface area contributed by atoms with E-state index < -0.39 is 5.97 Å². The highest BCUT2D eigenvalue weighted by Crippen LogP contribution is 2.30. The fraction of sp³-hybridized carbons (Fsp3) is 0.0526. The minimum Gasteiger partial charge on any atom is -0.543 e. The smallest absolute Gasteiger partial charge is 0.203 e. The molecule has 0 aliphatic carbocycles. The number of hydrogen-bond acceptors (Lipinski definition) is 10. The van der Waals surface area contributed by atoms with Crippen LogP contribution in [0.3, 0.4) is 0 Å². The summed E-state index contributed by atoms with van der Waals surface area (Å²) in [7, 11) is 0. The number of anilines is 1. The first-order valence-electron chi connectivity index (χ1n) is 8.76. The van der Waals surface area contributed by atoms with Crippen LogP contribution in [0.4, 0.5) is 5.13 Å². The number of rotatable bonds is 7. The molecule has 1 aromatic carbocycles. The summed E-state index contributed by atoms with van der Waals surface area (Å²) in [6.45, 7) is -0.153. The van der Waals surface area contributed by atoms with Crippen molar-refractivity contribution in [1.82, 2.24) is 31.1 Å². The van der Waals surface area contributed by atoms with E-state index in [1.165, 1.54) is 16.0 Å². The summed E-state index contributed by atoms with van der Waals surface area (Å²) in [5, 5.41) is 26.4. The lowest BCUT2D eigenvalue weighted by Gasteiger charge is -2.07. The summed E-state index contributed by atoms with van der Waals surface area (Å²) >= 11 is 13.2.